The Morgan fingerprint density at radius 3 is 2.47 bits per heavy atom. The molecule has 0 aliphatic rings. The molecule has 0 heterocycles. The van der Waals surface area contributed by atoms with Crippen molar-refractivity contribution in [1.29, 1.82) is 0 Å². The van der Waals surface area contributed by atoms with Crippen molar-refractivity contribution in [1.82, 2.24) is 0 Å². The SMILES string of the molecule is CCC(CO)C(=O)c1ccc(C)c(C)c1. The number of aliphatic hydroxyl groups is 1. The van der Waals surface area contributed by atoms with Crippen LogP contribution in [0.5, 0.6) is 0 Å². The fourth-order valence-corrected chi connectivity index (χ4v) is 1.53. The smallest absolute Gasteiger partial charge is 0.168 e. The molecular formula is C13H18O2. The summed E-state index contributed by atoms with van der Waals surface area (Å²) < 4.78 is 0. The topological polar surface area (TPSA) is 37.3 Å². The van der Waals surface area contributed by atoms with Crippen LogP contribution in [0.4, 0.5) is 0 Å². The molecular weight excluding hydrogens is 188 g/mol. The zero-order valence-electron chi connectivity index (χ0n) is 9.58. The molecule has 0 aromatic heterocycles. The number of benzene rings is 1. The minimum atomic E-state index is -0.257. The van der Waals surface area contributed by atoms with E-state index in [1.54, 1.807) is 0 Å². The number of ketones is 1. The first-order chi connectivity index (χ1) is 7.10. The minimum Gasteiger partial charge on any atom is -0.396 e. The second kappa shape index (κ2) is 5.08. The van der Waals surface area contributed by atoms with E-state index in [1.165, 1.54) is 5.56 Å². The number of carbonyl (C=O) groups is 1. The first-order valence-electron chi connectivity index (χ1n) is 5.32. The van der Waals surface area contributed by atoms with Crippen molar-refractivity contribution in [3.8, 4) is 0 Å². The van der Waals surface area contributed by atoms with Crippen LogP contribution < -0.4 is 0 Å². The Morgan fingerprint density at radius 1 is 1.33 bits per heavy atom. The molecule has 2 nitrogen and oxygen atoms in total. The Balaban J connectivity index is 2.96. The van der Waals surface area contributed by atoms with Crippen LogP contribution in [0, 0.1) is 19.8 Å². The van der Waals surface area contributed by atoms with Crippen LogP contribution in [0.1, 0.15) is 34.8 Å². The molecule has 15 heavy (non-hydrogen) atoms. The van der Waals surface area contributed by atoms with Gasteiger partial charge in [0.2, 0.25) is 0 Å². The highest BCUT2D eigenvalue weighted by Gasteiger charge is 2.17. The van der Waals surface area contributed by atoms with Gasteiger partial charge in [-0.15, -0.1) is 0 Å². The molecule has 0 saturated carbocycles. The fraction of sp³-hybridized carbons (Fsp3) is 0.462. The Labute approximate surface area is 90.9 Å². The fourth-order valence-electron chi connectivity index (χ4n) is 1.53. The molecule has 0 spiro atoms. The molecule has 0 fully saturated rings. The molecule has 0 saturated heterocycles. The van der Waals surface area contributed by atoms with Crippen LogP contribution in [-0.4, -0.2) is 17.5 Å². The summed E-state index contributed by atoms with van der Waals surface area (Å²) in [7, 11) is 0. The second-order valence-electron chi connectivity index (χ2n) is 3.95. The van der Waals surface area contributed by atoms with E-state index in [1.807, 2.05) is 39.0 Å². The van der Waals surface area contributed by atoms with Crippen molar-refractivity contribution in [3.05, 3.63) is 34.9 Å². The van der Waals surface area contributed by atoms with Crippen molar-refractivity contribution in [2.24, 2.45) is 5.92 Å². The standard InChI is InChI=1S/C13H18O2/c1-4-11(8-14)13(15)12-6-5-9(2)10(3)7-12/h5-7,11,14H,4,8H2,1-3H3. The lowest BCUT2D eigenvalue weighted by Gasteiger charge is -2.11. The van der Waals surface area contributed by atoms with Gasteiger partial charge in [0.15, 0.2) is 5.78 Å². The third kappa shape index (κ3) is 2.66. The maximum atomic E-state index is 11.9. The maximum absolute atomic E-state index is 11.9. The van der Waals surface area contributed by atoms with Gasteiger partial charge in [-0.3, -0.25) is 4.79 Å². The number of hydrogen-bond acceptors (Lipinski definition) is 2. The van der Waals surface area contributed by atoms with E-state index in [9.17, 15) is 4.79 Å². The molecule has 2 heteroatoms. The average Bonchev–Trinajstić information content (AvgIpc) is 2.23. The second-order valence-corrected chi connectivity index (χ2v) is 3.95. The number of carbonyl (C=O) groups excluding carboxylic acids is 1. The summed E-state index contributed by atoms with van der Waals surface area (Å²) in [4.78, 5) is 11.9. The van der Waals surface area contributed by atoms with Gasteiger partial charge in [-0.2, -0.15) is 0 Å². The number of aryl methyl sites for hydroxylation is 2. The van der Waals surface area contributed by atoms with Crippen LogP contribution in [-0.2, 0) is 0 Å². The summed E-state index contributed by atoms with van der Waals surface area (Å²) in [6, 6.07) is 5.69. The molecule has 1 rings (SSSR count). The Morgan fingerprint density at radius 2 is 2.00 bits per heavy atom. The van der Waals surface area contributed by atoms with E-state index in [2.05, 4.69) is 0 Å². The van der Waals surface area contributed by atoms with E-state index in [-0.39, 0.29) is 18.3 Å². The van der Waals surface area contributed by atoms with Crippen LogP contribution in [0.2, 0.25) is 0 Å². The summed E-state index contributed by atoms with van der Waals surface area (Å²) in [6.07, 6.45) is 0.683. The highest BCUT2D eigenvalue weighted by atomic mass is 16.3. The number of aliphatic hydroxyl groups excluding tert-OH is 1. The van der Waals surface area contributed by atoms with Gasteiger partial charge in [0.25, 0.3) is 0 Å². The molecule has 0 amide bonds. The van der Waals surface area contributed by atoms with Gasteiger partial charge >= 0.3 is 0 Å². The lowest BCUT2D eigenvalue weighted by molar-refractivity contribution is 0.0856. The molecule has 0 radical (unpaired) electrons. The van der Waals surface area contributed by atoms with Gasteiger partial charge in [0, 0.05) is 11.5 Å². The lowest BCUT2D eigenvalue weighted by atomic mass is 9.94. The highest BCUT2D eigenvalue weighted by Crippen LogP contribution is 2.15. The predicted octanol–water partition coefficient (Wildman–Crippen LogP) is 2.50. The Bertz CT molecular complexity index is 352. The lowest BCUT2D eigenvalue weighted by Crippen LogP contribution is -2.17. The van der Waals surface area contributed by atoms with E-state index >= 15 is 0 Å². The summed E-state index contributed by atoms with van der Waals surface area (Å²) in [6.45, 7) is 5.86. The zero-order valence-corrected chi connectivity index (χ0v) is 9.58. The largest absolute Gasteiger partial charge is 0.396 e. The molecule has 82 valence electrons. The molecule has 1 atom stereocenters. The average molecular weight is 206 g/mol. The van der Waals surface area contributed by atoms with E-state index < -0.39 is 0 Å². The Hall–Kier alpha value is -1.15. The minimum absolute atomic E-state index is 0.0445. The molecule has 0 aliphatic carbocycles. The third-order valence-corrected chi connectivity index (χ3v) is 2.88. The summed E-state index contributed by atoms with van der Waals surface area (Å²) in [5, 5.41) is 9.06. The van der Waals surface area contributed by atoms with Crippen LogP contribution in [0.15, 0.2) is 18.2 Å². The maximum Gasteiger partial charge on any atom is 0.168 e. The predicted molar refractivity (Wildman–Crippen MR) is 61.1 cm³/mol. The van der Waals surface area contributed by atoms with Gasteiger partial charge in [0.05, 0.1) is 6.61 Å². The quantitative estimate of drug-likeness (QED) is 0.768. The zero-order chi connectivity index (χ0) is 11.4. The van der Waals surface area contributed by atoms with E-state index in [4.69, 9.17) is 5.11 Å². The molecule has 1 N–H and O–H groups in total. The third-order valence-electron chi connectivity index (χ3n) is 2.88. The van der Waals surface area contributed by atoms with E-state index in [0.29, 0.717) is 12.0 Å². The van der Waals surface area contributed by atoms with Crippen LogP contribution >= 0.6 is 0 Å². The van der Waals surface area contributed by atoms with Crippen LogP contribution in [0.3, 0.4) is 0 Å². The molecule has 1 aromatic carbocycles. The van der Waals surface area contributed by atoms with Gasteiger partial charge in [0.1, 0.15) is 0 Å². The first-order valence-corrected chi connectivity index (χ1v) is 5.32. The normalized spacial score (nSPS) is 12.5. The van der Waals surface area contributed by atoms with Gasteiger partial charge < -0.3 is 5.11 Å². The van der Waals surface area contributed by atoms with E-state index in [0.717, 1.165) is 5.56 Å². The molecule has 0 bridgehead atoms. The van der Waals surface area contributed by atoms with Crippen LogP contribution in [0.25, 0.3) is 0 Å². The monoisotopic (exact) mass is 206 g/mol. The number of hydrogen-bond donors (Lipinski definition) is 1. The van der Waals surface area contributed by atoms with Gasteiger partial charge in [-0.25, -0.2) is 0 Å². The van der Waals surface area contributed by atoms with Crippen molar-refractivity contribution in [2.45, 2.75) is 27.2 Å². The Kier molecular flexibility index (Phi) is 4.04. The highest BCUT2D eigenvalue weighted by molar-refractivity contribution is 5.98. The van der Waals surface area contributed by atoms with Gasteiger partial charge in [-0.1, -0.05) is 19.1 Å². The summed E-state index contributed by atoms with van der Waals surface area (Å²) in [5.41, 5.74) is 3.01. The summed E-state index contributed by atoms with van der Waals surface area (Å²) >= 11 is 0. The number of Topliss-reactive ketones (excluding diaryl/α,β-unsaturated/α-hetero) is 1. The van der Waals surface area contributed by atoms with Crippen molar-refractivity contribution >= 4 is 5.78 Å². The van der Waals surface area contributed by atoms with Crippen molar-refractivity contribution < 1.29 is 9.90 Å². The first kappa shape index (κ1) is 11.9. The van der Waals surface area contributed by atoms with Crippen molar-refractivity contribution in [3.63, 3.8) is 0 Å². The molecule has 0 aliphatic heterocycles. The van der Waals surface area contributed by atoms with Gasteiger partial charge in [-0.05, 0) is 37.5 Å². The molecule has 1 aromatic rings. The molecule has 1 unspecified atom stereocenters. The summed E-state index contributed by atoms with van der Waals surface area (Å²) in [5.74, 6) is -0.213. The number of rotatable bonds is 4. The van der Waals surface area contributed by atoms with Crippen molar-refractivity contribution in [2.75, 3.05) is 6.61 Å².